The van der Waals surface area contributed by atoms with Gasteiger partial charge < -0.3 is 35.1 Å². The molecule has 0 radical (unpaired) electrons. The van der Waals surface area contributed by atoms with E-state index in [1.807, 2.05) is 66.7 Å². The first-order chi connectivity index (χ1) is 18.5. The minimum absolute atomic E-state index is 0.332. The van der Waals surface area contributed by atoms with Crippen LogP contribution in [0.15, 0.2) is 72.8 Å². The van der Waals surface area contributed by atoms with E-state index in [0.717, 1.165) is 65.8 Å². The number of anilines is 3. The average molecular weight is 547 g/mol. The molecule has 0 aliphatic carbocycles. The molecule has 0 unspecified atom stereocenters. The third kappa shape index (κ3) is 5.84. The second kappa shape index (κ2) is 11.3. The van der Waals surface area contributed by atoms with Gasteiger partial charge in [0.2, 0.25) is 0 Å². The summed E-state index contributed by atoms with van der Waals surface area (Å²) in [7, 11) is 3.30. The van der Waals surface area contributed by atoms with Gasteiger partial charge in [0.15, 0.2) is 10.2 Å². The van der Waals surface area contributed by atoms with Crippen molar-refractivity contribution in [3.8, 4) is 17.2 Å². The van der Waals surface area contributed by atoms with Crippen LogP contribution in [0, 0.1) is 0 Å². The van der Waals surface area contributed by atoms with Crippen molar-refractivity contribution in [3.05, 3.63) is 78.4 Å². The van der Waals surface area contributed by atoms with Crippen molar-refractivity contribution in [1.82, 2.24) is 4.90 Å². The van der Waals surface area contributed by atoms with Gasteiger partial charge >= 0.3 is 0 Å². The third-order valence-corrected chi connectivity index (χ3v) is 7.29. The fourth-order valence-corrected chi connectivity index (χ4v) is 5.17. The second-order valence-electron chi connectivity index (χ2n) is 9.18. The molecule has 0 amide bonds. The molecule has 0 aromatic heterocycles. The number of thiocarbonyl (C=S) groups is 2. The number of fused-ring (bicyclic) bond motifs is 1. The number of likely N-dealkylation sites (tertiary alicyclic amines) is 1. The molecule has 3 aromatic rings. The van der Waals surface area contributed by atoms with Crippen molar-refractivity contribution in [1.29, 1.82) is 0 Å². The van der Waals surface area contributed by atoms with E-state index in [-0.39, 0.29) is 5.60 Å². The van der Waals surface area contributed by atoms with Crippen molar-refractivity contribution in [2.45, 2.75) is 18.4 Å². The number of para-hydroxylation sites is 2. The van der Waals surface area contributed by atoms with Crippen molar-refractivity contribution >= 4 is 57.8 Å². The third-order valence-electron chi connectivity index (χ3n) is 6.72. The van der Waals surface area contributed by atoms with Crippen LogP contribution in [0.25, 0.3) is 6.08 Å². The van der Waals surface area contributed by atoms with Gasteiger partial charge in [0.25, 0.3) is 0 Å². The Morgan fingerprint density at radius 2 is 1.63 bits per heavy atom. The lowest BCUT2D eigenvalue weighted by Gasteiger charge is -2.42. The fraction of sp³-hybridized carbons (Fsp3) is 0.241. The number of piperidine rings is 1. The predicted octanol–water partition coefficient (Wildman–Crippen LogP) is 6.15. The highest BCUT2D eigenvalue weighted by Gasteiger charge is 2.37. The van der Waals surface area contributed by atoms with E-state index in [2.05, 4.69) is 33.0 Å². The monoisotopic (exact) mass is 546 g/mol. The number of hydrogen-bond acceptors (Lipinski definition) is 5. The van der Waals surface area contributed by atoms with Gasteiger partial charge in [-0.05, 0) is 73.0 Å². The van der Waals surface area contributed by atoms with Gasteiger partial charge in [-0.25, -0.2) is 0 Å². The molecule has 38 heavy (non-hydrogen) atoms. The summed E-state index contributed by atoms with van der Waals surface area (Å²) in [6.45, 7) is 1.59. The Morgan fingerprint density at radius 1 is 0.868 bits per heavy atom. The van der Waals surface area contributed by atoms with E-state index in [9.17, 15) is 0 Å². The molecule has 0 bridgehead atoms. The largest absolute Gasteiger partial charge is 0.497 e. The average Bonchev–Trinajstić information content (AvgIpc) is 2.94. The standard InChI is InChI=1S/C29H30N4O3S2/c1-34-23-7-5-6-21(19-23)30-27(37)31-22-10-11-25-20(18-22)12-13-29(36-25)14-16-33(17-15-29)28(38)32-24-8-3-4-9-26(24)35-2/h3-13,18-19H,14-17H2,1-2H3,(H,32,38)(H2,30,31,37). The van der Waals surface area contributed by atoms with Gasteiger partial charge in [0, 0.05) is 48.9 Å². The number of nitrogens with zero attached hydrogens (tertiary/aromatic N) is 1. The van der Waals surface area contributed by atoms with Crippen molar-refractivity contribution in [2.24, 2.45) is 0 Å². The molecule has 3 N–H and O–H groups in total. The van der Waals surface area contributed by atoms with Gasteiger partial charge in [-0.1, -0.05) is 24.3 Å². The van der Waals surface area contributed by atoms with E-state index < -0.39 is 0 Å². The Morgan fingerprint density at radius 3 is 2.39 bits per heavy atom. The minimum atomic E-state index is -0.332. The van der Waals surface area contributed by atoms with Crippen LogP contribution in [-0.4, -0.2) is 48.0 Å². The molecule has 1 spiro atoms. The van der Waals surface area contributed by atoms with Crippen molar-refractivity contribution in [3.63, 3.8) is 0 Å². The first-order valence-corrected chi connectivity index (χ1v) is 13.2. The Kier molecular flexibility index (Phi) is 7.67. The van der Waals surface area contributed by atoms with E-state index in [1.54, 1.807) is 14.2 Å². The maximum atomic E-state index is 6.54. The summed E-state index contributed by atoms with van der Waals surface area (Å²) in [5.74, 6) is 2.40. The van der Waals surface area contributed by atoms with Crippen LogP contribution < -0.4 is 30.2 Å². The number of rotatable bonds is 5. The number of benzene rings is 3. The zero-order valence-corrected chi connectivity index (χ0v) is 23.0. The molecule has 3 aromatic carbocycles. The van der Waals surface area contributed by atoms with Crippen molar-refractivity contribution < 1.29 is 14.2 Å². The maximum Gasteiger partial charge on any atom is 0.175 e. The van der Waals surface area contributed by atoms with Gasteiger partial charge in [0.1, 0.15) is 22.8 Å². The molecule has 7 nitrogen and oxygen atoms in total. The summed E-state index contributed by atoms with van der Waals surface area (Å²) in [4.78, 5) is 2.18. The SMILES string of the molecule is COc1cccc(NC(=S)Nc2ccc3c(c2)C=CC2(CCN(C(=S)Nc4ccccc4OC)CC2)O3)c1. The Bertz CT molecular complexity index is 1370. The lowest BCUT2D eigenvalue weighted by molar-refractivity contribution is 0.0594. The molecule has 5 rings (SSSR count). The van der Waals surface area contributed by atoms with Crippen LogP contribution in [0.5, 0.6) is 17.2 Å². The Hall–Kier alpha value is -3.82. The molecular weight excluding hydrogens is 516 g/mol. The van der Waals surface area contributed by atoms with Crippen molar-refractivity contribution in [2.75, 3.05) is 43.3 Å². The summed E-state index contributed by atoms with van der Waals surface area (Å²) < 4.78 is 17.2. The van der Waals surface area contributed by atoms with Crippen LogP contribution in [0.4, 0.5) is 17.1 Å². The van der Waals surface area contributed by atoms with Crippen LogP contribution >= 0.6 is 24.4 Å². The molecular formula is C29H30N4O3S2. The van der Waals surface area contributed by atoms with Crippen LogP contribution in [-0.2, 0) is 0 Å². The number of nitrogens with one attached hydrogen (secondary N) is 3. The van der Waals surface area contributed by atoms with E-state index in [4.69, 9.17) is 38.6 Å². The van der Waals surface area contributed by atoms with Gasteiger partial charge in [-0.15, -0.1) is 0 Å². The van der Waals surface area contributed by atoms with Gasteiger partial charge in [-0.3, -0.25) is 0 Å². The predicted molar refractivity (Wildman–Crippen MR) is 162 cm³/mol. The zero-order chi connectivity index (χ0) is 26.5. The van der Waals surface area contributed by atoms with Crippen LogP contribution in [0.1, 0.15) is 18.4 Å². The first-order valence-electron chi connectivity index (χ1n) is 12.4. The molecule has 2 aliphatic rings. The van der Waals surface area contributed by atoms with Crippen LogP contribution in [0.2, 0.25) is 0 Å². The normalized spacial score (nSPS) is 15.2. The summed E-state index contributed by atoms with van der Waals surface area (Å²) in [6.07, 6.45) is 6.00. The summed E-state index contributed by atoms with van der Waals surface area (Å²) in [5.41, 5.74) is 3.29. The Balaban J connectivity index is 1.17. The quantitative estimate of drug-likeness (QED) is 0.327. The smallest absolute Gasteiger partial charge is 0.175 e. The number of hydrogen-bond donors (Lipinski definition) is 3. The molecule has 0 atom stereocenters. The fourth-order valence-electron chi connectivity index (χ4n) is 4.64. The van der Waals surface area contributed by atoms with E-state index >= 15 is 0 Å². The molecule has 1 fully saturated rings. The summed E-state index contributed by atoms with van der Waals surface area (Å²) in [5, 5.41) is 11.0. The van der Waals surface area contributed by atoms with E-state index in [1.165, 1.54) is 0 Å². The van der Waals surface area contributed by atoms with Gasteiger partial charge in [-0.2, -0.15) is 0 Å². The summed E-state index contributed by atoms with van der Waals surface area (Å²) in [6, 6.07) is 21.4. The molecule has 0 saturated carbocycles. The highest BCUT2D eigenvalue weighted by molar-refractivity contribution is 7.80. The second-order valence-corrected chi connectivity index (χ2v) is 9.98. The van der Waals surface area contributed by atoms with Gasteiger partial charge in [0.05, 0.1) is 19.9 Å². The molecule has 1 saturated heterocycles. The van der Waals surface area contributed by atoms with E-state index in [0.29, 0.717) is 10.2 Å². The first kappa shape index (κ1) is 25.8. The molecule has 9 heteroatoms. The lowest BCUT2D eigenvalue weighted by Crippen LogP contribution is -2.50. The number of ether oxygens (including phenoxy) is 3. The number of methoxy groups -OCH3 is 2. The lowest BCUT2D eigenvalue weighted by atomic mass is 9.88. The molecule has 2 heterocycles. The zero-order valence-electron chi connectivity index (χ0n) is 21.3. The highest BCUT2D eigenvalue weighted by Crippen LogP contribution is 2.38. The maximum absolute atomic E-state index is 6.54. The topological polar surface area (TPSA) is 67.0 Å². The minimum Gasteiger partial charge on any atom is -0.497 e. The molecule has 196 valence electrons. The summed E-state index contributed by atoms with van der Waals surface area (Å²) >= 11 is 11.2. The van der Waals surface area contributed by atoms with Crippen LogP contribution in [0.3, 0.4) is 0 Å². The Labute approximate surface area is 233 Å². The highest BCUT2D eigenvalue weighted by atomic mass is 32.1. The molecule has 2 aliphatic heterocycles.